The Bertz CT molecular complexity index is 968. The van der Waals surface area contributed by atoms with Crippen LogP contribution in [-0.4, -0.2) is 11.7 Å². The predicted molar refractivity (Wildman–Crippen MR) is 115 cm³/mol. The topological polar surface area (TPSA) is 37.4 Å². The van der Waals surface area contributed by atoms with Crippen molar-refractivity contribution >= 4 is 28.7 Å². The summed E-state index contributed by atoms with van der Waals surface area (Å²) in [6, 6.07) is 10.3. The summed E-state index contributed by atoms with van der Waals surface area (Å²) in [7, 11) is 0. The van der Waals surface area contributed by atoms with Gasteiger partial charge in [0.1, 0.15) is 0 Å². The number of para-hydroxylation sites is 1. The Hall–Kier alpha value is -2.20. The number of rotatable bonds is 3. The fourth-order valence-corrected chi connectivity index (χ4v) is 5.57. The van der Waals surface area contributed by atoms with Crippen molar-refractivity contribution in [1.29, 1.82) is 0 Å². The first-order valence-electron chi connectivity index (χ1n) is 10.0. The molecule has 0 saturated heterocycles. The maximum atomic E-state index is 13.5. The normalized spacial score (nSPS) is 21.9. The van der Waals surface area contributed by atoms with Gasteiger partial charge in [-0.15, -0.1) is 11.3 Å². The van der Waals surface area contributed by atoms with Crippen molar-refractivity contribution < 1.29 is 9.59 Å². The number of Topliss-reactive ketones (excluding diaryl/α,β-unsaturated/α-hetero) is 1. The molecule has 1 unspecified atom stereocenters. The Kier molecular flexibility index (Phi) is 4.78. The van der Waals surface area contributed by atoms with Gasteiger partial charge in [-0.1, -0.05) is 45.0 Å². The molecule has 1 aromatic heterocycles. The molecule has 1 amide bonds. The third-order valence-electron chi connectivity index (χ3n) is 5.96. The van der Waals surface area contributed by atoms with E-state index in [4.69, 9.17) is 0 Å². The molecule has 0 N–H and O–H groups in total. The van der Waals surface area contributed by atoms with Crippen LogP contribution in [-0.2, 0) is 16.0 Å². The molecule has 4 heteroatoms. The molecule has 2 heterocycles. The maximum Gasteiger partial charge on any atom is 0.232 e. The number of ketones is 1. The number of hydrogen-bond acceptors (Lipinski definition) is 3. The van der Waals surface area contributed by atoms with Crippen LogP contribution in [0.1, 0.15) is 62.0 Å². The Labute approximate surface area is 171 Å². The molecule has 0 spiro atoms. The molecule has 146 valence electrons. The van der Waals surface area contributed by atoms with Crippen LogP contribution in [0.25, 0.3) is 0 Å². The number of carbonyl (C=O) groups is 2. The minimum absolute atomic E-state index is 0.101. The lowest BCUT2D eigenvalue weighted by Gasteiger charge is -2.43. The Morgan fingerprint density at radius 1 is 1.14 bits per heavy atom. The lowest BCUT2D eigenvalue weighted by molar-refractivity contribution is -0.120. The first-order valence-corrected chi connectivity index (χ1v) is 10.9. The van der Waals surface area contributed by atoms with Gasteiger partial charge >= 0.3 is 0 Å². The number of nitrogens with zero attached hydrogens (tertiary/aromatic N) is 1. The van der Waals surface area contributed by atoms with Gasteiger partial charge in [-0.2, -0.15) is 0 Å². The zero-order valence-electron chi connectivity index (χ0n) is 17.0. The van der Waals surface area contributed by atoms with Crippen LogP contribution in [0, 0.1) is 12.3 Å². The zero-order chi connectivity index (χ0) is 20.1. The lowest BCUT2D eigenvalue weighted by Crippen LogP contribution is -2.44. The van der Waals surface area contributed by atoms with Gasteiger partial charge < -0.3 is 0 Å². The van der Waals surface area contributed by atoms with Crippen molar-refractivity contribution in [3.05, 3.63) is 63.0 Å². The van der Waals surface area contributed by atoms with Crippen LogP contribution >= 0.6 is 11.3 Å². The number of benzene rings is 1. The smallest absolute Gasteiger partial charge is 0.232 e. The van der Waals surface area contributed by atoms with Crippen LogP contribution in [0.2, 0.25) is 0 Å². The number of amides is 1. The minimum Gasteiger partial charge on any atom is -0.294 e. The van der Waals surface area contributed by atoms with E-state index in [9.17, 15) is 9.59 Å². The van der Waals surface area contributed by atoms with E-state index in [1.807, 2.05) is 22.4 Å². The van der Waals surface area contributed by atoms with Gasteiger partial charge in [0.2, 0.25) is 5.91 Å². The zero-order valence-corrected chi connectivity index (χ0v) is 17.9. The molecule has 4 rings (SSSR count). The number of carbonyl (C=O) groups excluding carboxylic acids is 2. The molecular formula is C24H27NO2S. The Balaban J connectivity index is 1.96. The van der Waals surface area contributed by atoms with Crippen molar-refractivity contribution in [3.8, 4) is 0 Å². The van der Waals surface area contributed by atoms with Crippen molar-refractivity contribution in [2.75, 3.05) is 4.90 Å². The van der Waals surface area contributed by atoms with Crippen LogP contribution in [0.5, 0.6) is 0 Å². The average molecular weight is 394 g/mol. The van der Waals surface area contributed by atoms with E-state index < -0.39 is 0 Å². The summed E-state index contributed by atoms with van der Waals surface area (Å²) >= 11 is 1.64. The van der Waals surface area contributed by atoms with Gasteiger partial charge in [0, 0.05) is 34.9 Å². The van der Waals surface area contributed by atoms with Gasteiger partial charge in [-0.3, -0.25) is 14.5 Å². The highest BCUT2D eigenvalue weighted by molar-refractivity contribution is 7.10. The summed E-state index contributed by atoms with van der Waals surface area (Å²) in [6.07, 6.45) is 2.52. The van der Waals surface area contributed by atoms with E-state index in [1.54, 1.807) is 11.3 Å². The number of thiophene rings is 1. The summed E-state index contributed by atoms with van der Waals surface area (Å²) < 4.78 is 0. The largest absolute Gasteiger partial charge is 0.294 e. The van der Waals surface area contributed by atoms with Gasteiger partial charge in [0.25, 0.3) is 0 Å². The van der Waals surface area contributed by atoms with Crippen molar-refractivity contribution in [1.82, 2.24) is 0 Å². The van der Waals surface area contributed by atoms with Gasteiger partial charge in [-0.25, -0.2) is 0 Å². The van der Waals surface area contributed by atoms with E-state index >= 15 is 0 Å². The summed E-state index contributed by atoms with van der Waals surface area (Å²) in [4.78, 5) is 29.8. The molecule has 0 radical (unpaired) electrons. The number of allylic oxidation sites excluding steroid dienone is 2. The first kappa shape index (κ1) is 19.1. The van der Waals surface area contributed by atoms with Crippen molar-refractivity contribution in [2.24, 2.45) is 5.41 Å². The highest BCUT2D eigenvalue weighted by Gasteiger charge is 2.45. The van der Waals surface area contributed by atoms with E-state index in [0.717, 1.165) is 45.8 Å². The lowest BCUT2D eigenvalue weighted by atomic mass is 9.70. The second kappa shape index (κ2) is 7.00. The predicted octanol–water partition coefficient (Wildman–Crippen LogP) is 5.78. The third kappa shape index (κ3) is 3.14. The van der Waals surface area contributed by atoms with Crippen LogP contribution < -0.4 is 4.90 Å². The van der Waals surface area contributed by atoms with E-state index in [0.29, 0.717) is 12.8 Å². The molecule has 0 fully saturated rings. The fraction of sp³-hybridized carbons (Fsp3) is 0.417. The van der Waals surface area contributed by atoms with Crippen LogP contribution in [0.3, 0.4) is 0 Å². The first-order chi connectivity index (χ1) is 13.3. The average Bonchev–Trinajstić information content (AvgIpc) is 3.15. The molecule has 1 aromatic carbocycles. The molecule has 1 aliphatic carbocycles. The SMILES string of the molecule is CCc1cccc(C)c1N1C(=O)CC(c2cccs2)C2=C1CC(C)(C)CC2=O. The Morgan fingerprint density at radius 3 is 2.61 bits per heavy atom. The molecule has 3 nitrogen and oxygen atoms in total. The van der Waals surface area contributed by atoms with Crippen LogP contribution in [0.4, 0.5) is 5.69 Å². The molecule has 1 atom stereocenters. The number of anilines is 1. The second-order valence-electron chi connectivity index (χ2n) is 8.74. The minimum atomic E-state index is -0.138. The molecule has 0 saturated carbocycles. The van der Waals surface area contributed by atoms with Crippen molar-refractivity contribution in [2.45, 2.75) is 59.3 Å². The molecular weight excluding hydrogens is 366 g/mol. The van der Waals surface area contributed by atoms with Crippen molar-refractivity contribution in [3.63, 3.8) is 0 Å². The highest BCUT2D eigenvalue weighted by Crippen LogP contribution is 2.49. The quantitative estimate of drug-likeness (QED) is 0.662. The van der Waals surface area contributed by atoms with Crippen LogP contribution in [0.15, 0.2) is 47.0 Å². The summed E-state index contributed by atoms with van der Waals surface area (Å²) in [5.41, 5.74) is 4.89. The Morgan fingerprint density at radius 2 is 1.93 bits per heavy atom. The van der Waals surface area contributed by atoms with E-state index in [1.165, 1.54) is 0 Å². The monoisotopic (exact) mass is 393 g/mol. The van der Waals surface area contributed by atoms with E-state index in [2.05, 4.69) is 45.9 Å². The van der Waals surface area contributed by atoms with Gasteiger partial charge in [0.05, 0.1) is 5.69 Å². The fourth-order valence-electron chi connectivity index (χ4n) is 4.73. The van der Waals surface area contributed by atoms with Gasteiger partial charge in [-0.05, 0) is 47.8 Å². The summed E-state index contributed by atoms with van der Waals surface area (Å²) in [6.45, 7) is 8.44. The molecule has 1 aliphatic heterocycles. The highest BCUT2D eigenvalue weighted by atomic mass is 32.1. The van der Waals surface area contributed by atoms with E-state index in [-0.39, 0.29) is 23.0 Å². The summed E-state index contributed by atoms with van der Waals surface area (Å²) in [5.74, 6) is 0.205. The standard InChI is InChI=1S/C24H27NO2S/c1-5-16-9-6-8-15(2)23(16)25-18-13-24(3,4)14-19(26)22(18)17(12-21(25)27)20-10-7-11-28-20/h6-11,17H,5,12-14H2,1-4H3. The number of hydrogen-bond donors (Lipinski definition) is 0. The maximum absolute atomic E-state index is 13.5. The molecule has 28 heavy (non-hydrogen) atoms. The molecule has 0 bridgehead atoms. The molecule has 2 aliphatic rings. The molecule has 2 aromatic rings. The second-order valence-corrected chi connectivity index (χ2v) is 9.72. The summed E-state index contributed by atoms with van der Waals surface area (Å²) in [5, 5.41) is 2.03. The third-order valence-corrected chi connectivity index (χ3v) is 6.94. The number of aryl methyl sites for hydroxylation is 2. The van der Waals surface area contributed by atoms with Gasteiger partial charge in [0.15, 0.2) is 5.78 Å².